The standard InChI is InChI=1S/C21H16FN3OS/c22-17-7-5-15(6-8-17)13-20(26)25(14-16-9-11-23-12-10-16)21-24-18-3-1-2-4-19(18)27-21/h1-12H,13-14H2. The molecule has 4 rings (SSSR count). The van der Waals surface area contributed by atoms with Crippen molar-refractivity contribution in [2.24, 2.45) is 0 Å². The van der Waals surface area contributed by atoms with E-state index < -0.39 is 0 Å². The van der Waals surface area contributed by atoms with Crippen LogP contribution in [0, 0.1) is 5.82 Å². The lowest BCUT2D eigenvalue weighted by Crippen LogP contribution is -2.31. The predicted molar refractivity (Wildman–Crippen MR) is 105 cm³/mol. The summed E-state index contributed by atoms with van der Waals surface area (Å²) < 4.78 is 14.2. The molecule has 4 nitrogen and oxygen atoms in total. The van der Waals surface area contributed by atoms with Crippen LogP contribution in [0.1, 0.15) is 11.1 Å². The summed E-state index contributed by atoms with van der Waals surface area (Å²) in [5.74, 6) is -0.400. The van der Waals surface area contributed by atoms with Gasteiger partial charge < -0.3 is 0 Å². The summed E-state index contributed by atoms with van der Waals surface area (Å²) in [5.41, 5.74) is 2.60. The topological polar surface area (TPSA) is 46.1 Å². The van der Waals surface area contributed by atoms with Crippen LogP contribution >= 0.6 is 11.3 Å². The first kappa shape index (κ1) is 17.3. The number of fused-ring (bicyclic) bond motifs is 1. The van der Waals surface area contributed by atoms with E-state index in [1.165, 1.54) is 23.5 Å². The number of aromatic nitrogens is 2. The number of nitrogens with zero attached hydrogens (tertiary/aromatic N) is 3. The Labute approximate surface area is 159 Å². The van der Waals surface area contributed by atoms with Crippen LogP contribution in [0.25, 0.3) is 10.2 Å². The summed E-state index contributed by atoms with van der Waals surface area (Å²) >= 11 is 1.48. The van der Waals surface area contributed by atoms with Crippen molar-refractivity contribution >= 4 is 32.6 Å². The highest BCUT2D eigenvalue weighted by molar-refractivity contribution is 7.22. The summed E-state index contributed by atoms with van der Waals surface area (Å²) in [5, 5.41) is 0.653. The monoisotopic (exact) mass is 377 g/mol. The van der Waals surface area contributed by atoms with E-state index in [1.54, 1.807) is 29.4 Å². The van der Waals surface area contributed by atoms with Crippen LogP contribution < -0.4 is 4.90 Å². The van der Waals surface area contributed by atoms with Gasteiger partial charge in [-0.05, 0) is 47.5 Å². The van der Waals surface area contributed by atoms with Crippen molar-refractivity contribution in [2.75, 3.05) is 4.90 Å². The van der Waals surface area contributed by atoms with E-state index in [0.29, 0.717) is 11.7 Å². The average molecular weight is 377 g/mol. The molecule has 0 fully saturated rings. The lowest BCUT2D eigenvalue weighted by molar-refractivity contribution is -0.118. The minimum absolute atomic E-state index is 0.0857. The molecule has 2 heterocycles. The van der Waals surface area contributed by atoms with Crippen LogP contribution in [0.2, 0.25) is 0 Å². The second-order valence-corrected chi connectivity index (χ2v) is 7.11. The highest BCUT2D eigenvalue weighted by Gasteiger charge is 2.20. The minimum Gasteiger partial charge on any atom is -0.283 e. The normalized spacial score (nSPS) is 10.9. The predicted octanol–water partition coefficient (Wildman–Crippen LogP) is 4.61. The molecule has 134 valence electrons. The molecule has 0 bridgehead atoms. The Morgan fingerprint density at radius 1 is 0.963 bits per heavy atom. The number of carbonyl (C=O) groups excluding carboxylic acids is 1. The first-order valence-electron chi connectivity index (χ1n) is 8.48. The Kier molecular flexibility index (Phi) is 4.89. The highest BCUT2D eigenvalue weighted by Crippen LogP contribution is 2.30. The molecule has 1 amide bonds. The molecule has 0 radical (unpaired) electrons. The van der Waals surface area contributed by atoms with Gasteiger partial charge in [0.05, 0.1) is 23.2 Å². The molecule has 0 aliphatic heterocycles. The second-order valence-electron chi connectivity index (χ2n) is 6.10. The maximum atomic E-state index is 13.1. The van der Waals surface area contributed by atoms with Gasteiger partial charge in [0.15, 0.2) is 5.13 Å². The number of halogens is 1. The lowest BCUT2D eigenvalue weighted by Gasteiger charge is -2.20. The smallest absolute Gasteiger partial charge is 0.233 e. The lowest BCUT2D eigenvalue weighted by atomic mass is 10.1. The molecule has 0 atom stereocenters. The third-order valence-electron chi connectivity index (χ3n) is 4.17. The number of amides is 1. The molecule has 0 aliphatic carbocycles. The summed E-state index contributed by atoms with van der Waals surface area (Å²) in [7, 11) is 0. The van der Waals surface area contributed by atoms with E-state index in [2.05, 4.69) is 9.97 Å². The first-order chi connectivity index (χ1) is 13.2. The summed E-state index contributed by atoms with van der Waals surface area (Å²) in [6, 6.07) is 17.6. The fourth-order valence-electron chi connectivity index (χ4n) is 2.78. The van der Waals surface area contributed by atoms with E-state index >= 15 is 0 Å². The van der Waals surface area contributed by atoms with E-state index in [-0.39, 0.29) is 18.1 Å². The molecule has 0 saturated heterocycles. The number of carbonyl (C=O) groups is 1. The Morgan fingerprint density at radius 3 is 2.44 bits per heavy atom. The molecule has 6 heteroatoms. The van der Waals surface area contributed by atoms with Gasteiger partial charge in [-0.25, -0.2) is 9.37 Å². The minimum atomic E-state index is -0.314. The van der Waals surface area contributed by atoms with Gasteiger partial charge in [-0.3, -0.25) is 14.7 Å². The van der Waals surface area contributed by atoms with Crippen molar-refractivity contribution in [3.8, 4) is 0 Å². The molecular weight excluding hydrogens is 361 g/mol. The van der Waals surface area contributed by atoms with Crippen LogP contribution in [0.4, 0.5) is 9.52 Å². The third kappa shape index (κ3) is 4.01. The van der Waals surface area contributed by atoms with Crippen molar-refractivity contribution in [2.45, 2.75) is 13.0 Å². The Balaban J connectivity index is 1.66. The molecule has 2 aromatic carbocycles. The van der Waals surface area contributed by atoms with Crippen molar-refractivity contribution in [3.05, 3.63) is 90.0 Å². The molecule has 0 spiro atoms. The zero-order chi connectivity index (χ0) is 18.6. The van der Waals surface area contributed by atoms with Crippen molar-refractivity contribution < 1.29 is 9.18 Å². The Morgan fingerprint density at radius 2 is 1.70 bits per heavy atom. The van der Waals surface area contributed by atoms with Crippen molar-refractivity contribution in [1.82, 2.24) is 9.97 Å². The molecule has 0 saturated carbocycles. The molecular formula is C21H16FN3OS. The van der Waals surface area contributed by atoms with Gasteiger partial charge in [0.1, 0.15) is 5.82 Å². The summed E-state index contributed by atoms with van der Waals surface area (Å²) in [6.07, 6.45) is 3.59. The maximum Gasteiger partial charge on any atom is 0.233 e. The van der Waals surface area contributed by atoms with Crippen LogP contribution in [-0.4, -0.2) is 15.9 Å². The number of rotatable bonds is 5. The van der Waals surface area contributed by atoms with Crippen LogP contribution in [-0.2, 0) is 17.8 Å². The number of anilines is 1. The zero-order valence-corrected chi connectivity index (χ0v) is 15.2. The molecule has 4 aromatic rings. The first-order valence-corrected chi connectivity index (χ1v) is 9.30. The fourth-order valence-corrected chi connectivity index (χ4v) is 3.76. The van der Waals surface area contributed by atoms with Crippen LogP contribution in [0.3, 0.4) is 0 Å². The average Bonchev–Trinajstić information content (AvgIpc) is 3.12. The fraction of sp³-hybridized carbons (Fsp3) is 0.0952. The molecule has 27 heavy (non-hydrogen) atoms. The quantitative estimate of drug-likeness (QED) is 0.510. The summed E-state index contributed by atoms with van der Waals surface area (Å²) in [6.45, 7) is 0.405. The number of hydrogen-bond donors (Lipinski definition) is 0. The largest absolute Gasteiger partial charge is 0.283 e. The SMILES string of the molecule is O=C(Cc1ccc(F)cc1)N(Cc1ccncc1)c1nc2ccccc2s1. The molecule has 0 N–H and O–H groups in total. The number of thiazole rings is 1. The molecule has 2 aromatic heterocycles. The van der Waals surface area contributed by atoms with Gasteiger partial charge in [-0.2, -0.15) is 0 Å². The van der Waals surface area contributed by atoms with E-state index in [9.17, 15) is 9.18 Å². The Bertz CT molecular complexity index is 1030. The van der Waals surface area contributed by atoms with Crippen LogP contribution in [0.15, 0.2) is 73.1 Å². The van der Waals surface area contributed by atoms with Crippen molar-refractivity contribution in [3.63, 3.8) is 0 Å². The second kappa shape index (κ2) is 7.63. The van der Waals surface area contributed by atoms with Gasteiger partial charge in [-0.15, -0.1) is 0 Å². The van der Waals surface area contributed by atoms with Gasteiger partial charge in [0.25, 0.3) is 0 Å². The van der Waals surface area contributed by atoms with Gasteiger partial charge in [-0.1, -0.05) is 35.6 Å². The molecule has 0 unspecified atom stereocenters. The van der Waals surface area contributed by atoms with Crippen LogP contribution in [0.5, 0.6) is 0 Å². The maximum absolute atomic E-state index is 13.1. The number of hydrogen-bond acceptors (Lipinski definition) is 4. The highest BCUT2D eigenvalue weighted by atomic mass is 32.1. The van der Waals surface area contributed by atoms with Gasteiger partial charge in [0.2, 0.25) is 5.91 Å². The number of pyridine rings is 1. The Hall–Kier alpha value is -3.12. The van der Waals surface area contributed by atoms with E-state index in [4.69, 9.17) is 0 Å². The summed E-state index contributed by atoms with van der Waals surface area (Å²) in [4.78, 5) is 23.4. The zero-order valence-electron chi connectivity index (χ0n) is 14.4. The number of para-hydroxylation sites is 1. The van der Waals surface area contributed by atoms with E-state index in [0.717, 1.165) is 21.3 Å². The van der Waals surface area contributed by atoms with Gasteiger partial charge >= 0.3 is 0 Å². The van der Waals surface area contributed by atoms with E-state index in [1.807, 2.05) is 36.4 Å². The van der Waals surface area contributed by atoms with Crippen molar-refractivity contribution in [1.29, 1.82) is 0 Å². The van der Waals surface area contributed by atoms with Gasteiger partial charge in [0, 0.05) is 12.4 Å². The number of benzene rings is 2. The third-order valence-corrected chi connectivity index (χ3v) is 5.23. The molecule has 0 aliphatic rings.